The van der Waals surface area contributed by atoms with E-state index in [1.807, 2.05) is 0 Å². The van der Waals surface area contributed by atoms with Crippen LogP contribution < -0.4 is 5.32 Å². The first-order valence-electron chi connectivity index (χ1n) is 10.8. The van der Waals surface area contributed by atoms with E-state index >= 15 is 0 Å². The van der Waals surface area contributed by atoms with Gasteiger partial charge in [-0.25, -0.2) is 0 Å². The van der Waals surface area contributed by atoms with E-state index in [9.17, 15) is 0 Å². The number of nitrogens with one attached hydrogen (secondary N) is 1. The van der Waals surface area contributed by atoms with Gasteiger partial charge in [0.1, 0.15) is 0 Å². The fourth-order valence-corrected chi connectivity index (χ4v) is 3.58. The number of hydrogen-bond donors (Lipinski definition) is 1. The third-order valence-corrected chi connectivity index (χ3v) is 5.19. The van der Waals surface area contributed by atoms with E-state index in [2.05, 4.69) is 18.3 Å². The summed E-state index contributed by atoms with van der Waals surface area (Å²) in [6, 6.07) is 0. The molecule has 0 spiro atoms. The Morgan fingerprint density at radius 3 is 1.91 bits per heavy atom. The number of hydrogen-bond acceptors (Lipinski definition) is 1. The molecule has 0 bridgehead atoms. The maximum Gasteiger partial charge on any atom is 0.0164 e. The summed E-state index contributed by atoms with van der Waals surface area (Å²) < 4.78 is 0. The van der Waals surface area contributed by atoms with Crippen molar-refractivity contribution in [2.24, 2.45) is 0 Å². The van der Waals surface area contributed by atoms with Gasteiger partial charge in [-0.05, 0) is 38.6 Å². The number of allylic oxidation sites excluding steroid dienone is 1. The lowest BCUT2D eigenvalue weighted by Crippen LogP contribution is -2.18. The molecule has 0 unspecified atom stereocenters. The third-order valence-electron chi connectivity index (χ3n) is 5.19. The lowest BCUT2D eigenvalue weighted by atomic mass is 10.0. The monoisotopic (exact) mass is 321 g/mol. The van der Waals surface area contributed by atoms with Gasteiger partial charge in [-0.3, -0.25) is 0 Å². The van der Waals surface area contributed by atoms with Crippen molar-refractivity contribution in [3.8, 4) is 0 Å². The van der Waals surface area contributed by atoms with Crippen LogP contribution in [0.3, 0.4) is 0 Å². The van der Waals surface area contributed by atoms with Crippen molar-refractivity contribution in [2.45, 2.75) is 116 Å². The van der Waals surface area contributed by atoms with Crippen molar-refractivity contribution in [3.63, 3.8) is 0 Å². The summed E-state index contributed by atoms with van der Waals surface area (Å²) >= 11 is 0. The van der Waals surface area contributed by atoms with Crippen molar-refractivity contribution in [1.29, 1.82) is 0 Å². The zero-order chi connectivity index (χ0) is 16.4. The first-order valence-corrected chi connectivity index (χ1v) is 10.8. The highest BCUT2D eigenvalue weighted by Crippen LogP contribution is 2.16. The summed E-state index contributed by atoms with van der Waals surface area (Å²) in [6.45, 7) is 4.62. The Labute approximate surface area is 146 Å². The van der Waals surface area contributed by atoms with Crippen LogP contribution in [0.25, 0.3) is 0 Å². The lowest BCUT2D eigenvalue weighted by Gasteiger charge is -2.11. The Kier molecular flexibility index (Phi) is 14.9. The first kappa shape index (κ1) is 20.7. The molecule has 0 saturated carbocycles. The van der Waals surface area contributed by atoms with Crippen LogP contribution in [0.15, 0.2) is 11.6 Å². The fraction of sp³-hybridized carbons (Fsp3) is 0.909. The molecular weight excluding hydrogens is 278 g/mol. The van der Waals surface area contributed by atoms with Crippen molar-refractivity contribution < 1.29 is 0 Å². The van der Waals surface area contributed by atoms with Gasteiger partial charge < -0.3 is 5.32 Å². The highest BCUT2D eigenvalue weighted by atomic mass is 14.8. The van der Waals surface area contributed by atoms with Crippen LogP contribution in [0.5, 0.6) is 0 Å². The van der Waals surface area contributed by atoms with Gasteiger partial charge in [0.25, 0.3) is 0 Å². The Morgan fingerprint density at radius 2 is 1.30 bits per heavy atom. The van der Waals surface area contributed by atoms with Crippen LogP contribution in [-0.2, 0) is 0 Å². The quantitative estimate of drug-likeness (QED) is 0.404. The summed E-state index contributed by atoms with van der Waals surface area (Å²) in [5, 5.41) is 3.67. The summed E-state index contributed by atoms with van der Waals surface area (Å²) in [4.78, 5) is 0. The molecule has 0 saturated heterocycles. The van der Waals surface area contributed by atoms with Gasteiger partial charge in [0.15, 0.2) is 0 Å². The third kappa shape index (κ3) is 13.8. The molecule has 136 valence electrons. The van der Waals surface area contributed by atoms with E-state index in [0.29, 0.717) is 0 Å². The van der Waals surface area contributed by atoms with Crippen LogP contribution >= 0.6 is 0 Å². The van der Waals surface area contributed by atoms with Gasteiger partial charge in [-0.1, -0.05) is 95.6 Å². The minimum atomic E-state index is 1.14. The predicted octanol–water partition coefficient (Wildman–Crippen LogP) is 7.17. The maximum absolute atomic E-state index is 3.67. The van der Waals surface area contributed by atoms with E-state index < -0.39 is 0 Å². The van der Waals surface area contributed by atoms with Crippen LogP contribution in [0.2, 0.25) is 0 Å². The molecule has 0 amide bonds. The zero-order valence-corrected chi connectivity index (χ0v) is 16.0. The van der Waals surface area contributed by atoms with E-state index in [0.717, 1.165) is 6.54 Å². The van der Waals surface area contributed by atoms with Crippen molar-refractivity contribution >= 4 is 0 Å². The second kappa shape index (κ2) is 16.6. The second-order valence-corrected chi connectivity index (χ2v) is 7.53. The van der Waals surface area contributed by atoms with Gasteiger partial charge in [0.2, 0.25) is 0 Å². The summed E-state index contributed by atoms with van der Waals surface area (Å²) in [6.07, 6.45) is 26.7. The van der Waals surface area contributed by atoms with E-state index in [1.54, 1.807) is 5.57 Å². The second-order valence-electron chi connectivity index (χ2n) is 7.53. The number of unbranched alkanes of at least 4 members (excludes halogenated alkanes) is 2. The van der Waals surface area contributed by atoms with Gasteiger partial charge in [0.05, 0.1) is 0 Å². The molecule has 0 aromatic heterocycles. The van der Waals surface area contributed by atoms with Gasteiger partial charge >= 0.3 is 0 Å². The zero-order valence-electron chi connectivity index (χ0n) is 16.0. The van der Waals surface area contributed by atoms with Crippen molar-refractivity contribution in [2.75, 3.05) is 13.1 Å². The molecule has 1 aliphatic carbocycles. The molecule has 0 heterocycles. The molecule has 1 aliphatic rings. The molecule has 0 radical (unpaired) electrons. The fourth-order valence-electron chi connectivity index (χ4n) is 3.58. The summed E-state index contributed by atoms with van der Waals surface area (Å²) in [7, 11) is 0. The van der Waals surface area contributed by atoms with Gasteiger partial charge in [-0.15, -0.1) is 0 Å². The molecule has 23 heavy (non-hydrogen) atoms. The molecule has 1 nitrogen and oxygen atoms in total. The van der Waals surface area contributed by atoms with Crippen LogP contribution in [0, 0.1) is 0 Å². The Bertz CT molecular complexity index is 269. The maximum atomic E-state index is 3.67. The molecule has 0 atom stereocenters. The average molecular weight is 322 g/mol. The summed E-state index contributed by atoms with van der Waals surface area (Å²) in [5.74, 6) is 0. The molecule has 0 aromatic carbocycles. The molecule has 1 N–H and O–H groups in total. The highest BCUT2D eigenvalue weighted by Gasteiger charge is 2.00. The van der Waals surface area contributed by atoms with E-state index in [1.165, 1.54) is 116 Å². The van der Waals surface area contributed by atoms with Crippen LogP contribution in [0.1, 0.15) is 116 Å². The molecule has 0 fully saturated rings. The highest BCUT2D eigenvalue weighted by molar-refractivity contribution is 5.04. The number of rotatable bonds is 6. The van der Waals surface area contributed by atoms with Crippen LogP contribution in [0.4, 0.5) is 0 Å². The lowest BCUT2D eigenvalue weighted by molar-refractivity contribution is 0.536. The minimum absolute atomic E-state index is 1.14. The summed E-state index contributed by atoms with van der Waals surface area (Å²) in [5.41, 5.74) is 1.69. The molecular formula is C22H43N. The normalized spacial score (nSPS) is 22.4. The van der Waals surface area contributed by atoms with Crippen LogP contribution in [-0.4, -0.2) is 13.1 Å². The molecule has 1 heteroatoms. The topological polar surface area (TPSA) is 12.0 Å². The largest absolute Gasteiger partial charge is 0.313 e. The first-order chi connectivity index (χ1) is 11.4. The average Bonchev–Trinajstić information content (AvgIpc) is 2.56. The van der Waals surface area contributed by atoms with Crippen molar-refractivity contribution in [3.05, 3.63) is 11.6 Å². The minimum Gasteiger partial charge on any atom is -0.313 e. The van der Waals surface area contributed by atoms with E-state index in [4.69, 9.17) is 0 Å². The van der Waals surface area contributed by atoms with Gasteiger partial charge in [-0.2, -0.15) is 0 Å². The van der Waals surface area contributed by atoms with Crippen molar-refractivity contribution in [1.82, 2.24) is 5.32 Å². The van der Waals surface area contributed by atoms with Gasteiger partial charge in [0, 0.05) is 6.54 Å². The predicted molar refractivity (Wildman–Crippen MR) is 105 cm³/mol. The molecule has 0 aliphatic heterocycles. The SMILES string of the molecule is CCCCCNC/C1=C/CCCCCCCCCCCCCC1. The molecule has 0 aromatic rings. The Morgan fingerprint density at radius 1 is 0.739 bits per heavy atom. The van der Waals surface area contributed by atoms with E-state index in [-0.39, 0.29) is 0 Å². The Hall–Kier alpha value is -0.300. The Balaban J connectivity index is 2.26. The molecule has 1 rings (SSSR count). The standard InChI is InChI=1S/C22H43N/c1-2-3-17-20-23-21-22-18-15-13-11-9-7-5-4-6-8-10-12-14-16-19-22/h18,23H,2-17,19-21H2,1H3/b22-18+. The smallest absolute Gasteiger partial charge is 0.0164 e.